The lowest BCUT2D eigenvalue weighted by molar-refractivity contribution is -0.124. The van der Waals surface area contributed by atoms with E-state index in [1.54, 1.807) is 0 Å². The van der Waals surface area contributed by atoms with Crippen molar-refractivity contribution in [3.8, 4) is 5.75 Å². The number of carbonyl (C=O) groups is 1. The van der Waals surface area contributed by atoms with Crippen molar-refractivity contribution in [3.63, 3.8) is 0 Å². The molecule has 1 heterocycles. The lowest BCUT2D eigenvalue weighted by atomic mass is 10.0. The van der Waals surface area contributed by atoms with E-state index in [9.17, 15) is 4.79 Å². The Balaban J connectivity index is 1.57. The van der Waals surface area contributed by atoms with E-state index in [1.165, 1.54) is 0 Å². The molecule has 0 radical (unpaired) electrons. The summed E-state index contributed by atoms with van der Waals surface area (Å²) in [6.07, 6.45) is 3.04. The van der Waals surface area contributed by atoms with E-state index in [0.29, 0.717) is 11.6 Å². The molecule has 1 fully saturated rings. The van der Waals surface area contributed by atoms with Crippen molar-refractivity contribution in [1.82, 2.24) is 4.90 Å². The summed E-state index contributed by atoms with van der Waals surface area (Å²) < 4.78 is 5.81. The number of carbonyl (C=O) groups excluding carboxylic acids is 1. The zero-order chi connectivity index (χ0) is 17.6. The van der Waals surface area contributed by atoms with Gasteiger partial charge in [-0.05, 0) is 54.8 Å². The van der Waals surface area contributed by atoms with Crippen LogP contribution >= 0.6 is 11.6 Å². The SMILES string of the molecule is NC(=O)C1CCCCN1Cc1ccc(OCc2cccc(Cl)c2)cc1. The molecule has 5 heteroatoms. The Bertz CT molecular complexity index is 718. The van der Waals surface area contributed by atoms with Crippen LogP contribution in [0.4, 0.5) is 0 Å². The van der Waals surface area contributed by atoms with Crippen LogP contribution in [0.3, 0.4) is 0 Å². The quantitative estimate of drug-likeness (QED) is 0.855. The molecule has 25 heavy (non-hydrogen) atoms. The van der Waals surface area contributed by atoms with Crippen LogP contribution < -0.4 is 10.5 Å². The summed E-state index contributed by atoms with van der Waals surface area (Å²) in [4.78, 5) is 13.8. The number of nitrogens with two attached hydrogens (primary N) is 1. The third-order valence-corrected chi connectivity index (χ3v) is 4.78. The van der Waals surface area contributed by atoms with Crippen molar-refractivity contribution in [3.05, 3.63) is 64.7 Å². The Morgan fingerprint density at radius 3 is 2.68 bits per heavy atom. The maximum absolute atomic E-state index is 11.6. The van der Waals surface area contributed by atoms with Crippen LogP contribution in [-0.4, -0.2) is 23.4 Å². The van der Waals surface area contributed by atoms with Gasteiger partial charge in [-0.15, -0.1) is 0 Å². The monoisotopic (exact) mass is 358 g/mol. The number of likely N-dealkylation sites (tertiary alicyclic amines) is 1. The first-order valence-corrected chi connectivity index (χ1v) is 8.99. The number of piperidine rings is 1. The highest BCUT2D eigenvalue weighted by Crippen LogP contribution is 2.21. The van der Waals surface area contributed by atoms with E-state index in [2.05, 4.69) is 4.90 Å². The second-order valence-electron chi connectivity index (χ2n) is 6.45. The minimum absolute atomic E-state index is 0.146. The lowest BCUT2D eigenvalue weighted by Crippen LogP contribution is -2.47. The molecule has 132 valence electrons. The van der Waals surface area contributed by atoms with Crippen LogP contribution in [0.25, 0.3) is 0 Å². The number of hydrogen-bond donors (Lipinski definition) is 1. The molecule has 2 N–H and O–H groups in total. The third kappa shape index (κ3) is 4.97. The summed E-state index contributed by atoms with van der Waals surface area (Å²) in [5, 5.41) is 0.710. The van der Waals surface area contributed by atoms with E-state index >= 15 is 0 Å². The first-order valence-electron chi connectivity index (χ1n) is 8.61. The van der Waals surface area contributed by atoms with Gasteiger partial charge in [0.05, 0.1) is 6.04 Å². The van der Waals surface area contributed by atoms with Crippen LogP contribution in [0.15, 0.2) is 48.5 Å². The number of halogens is 1. The van der Waals surface area contributed by atoms with Crippen LogP contribution in [0, 0.1) is 0 Å². The zero-order valence-corrected chi connectivity index (χ0v) is 14.9. The average Bonchev–Trinajstić information content (AvgIpc) is 2.61. The fourth-order valence-electron chi connectivity index (χ4n) is 3.22. The van der Waals surface area contributed by atoms with Gasteiger partial charge in [-0.25, -0.2) is 0 Å². The van der Waals surface area contributed by atoms with Gasteiger partial charge in [0.25, 0.3) is 0 Å². The van der Waals surface area contributed by atoms with Gasteiger partial charge in [-0.1, -0.05) is 42.3 Å². The van der Waals surface area contributed by atoms with Gasteiger partial charge in [0.15, 0.2) is 0 Å². The first-order chi connectivity index (χ1) is 12.1. The largest absolute Gasteiger partial charge is 0.489 e. The minimum Gasteiger partial charge on any atom is -0.489 e. The molecule has 1 aliphatic heterocycles. The normalized spacial score (nSPS) is 18.0. The minimum atomic E-state index is -0.221. The third-order valence-electron chi connectivity index (χ3n) is 4.55. The molecule has 1 saturated heterocycles. The number of primary amides is 1. The molecule has 3 rings (SSSR count). The van der Waals surface area contributed by atoms with Gasteiger partial charge < -0.3 is 10.5 Å². The molecule has 0 spiro atoms. The van der Waals surface area contributed by atoms with Crippen molar-refractivity contribution in [2.24, 2.45) is 5.73 Å². The number of ether oxygens (including phenoxy) is 1. The molecule has 2 aromatic carbocycles. The van der Waals surface area contributed by atoms with Crippen LogP contribution in [0.5, 0.6) is 5.75 Å². The predicted molar refractivity (Wildman–Crippen MR) is 99.5 cm³/mol. The Labute approximate surface area is 153 Å². The number of rotatable bonds is 6. The molecule has 0 aromatic heterocycles. The Morgan fingerprint density at radius 2 is 1.96 bits per heavy atom. The second-order valence-corrected chi connectivity index (χ2v) is 6.88. The van der Waals surface area contributed by atoms with Gasteiger partial charge in [0.1, 0.15) is 12.4 Å². The van der Waals surface area contributed by atoms with Crippen LogP contribution in [-0.2, 0) is 17.9 Å². The van der Waals surface area contributed by atoms with Gasteiger partial charge in [0, 0.05) is 11.6 Å². The lowest BCUT2D eigenvalue weighted by Gasteiger charge is -2.33. The summed E-state index contributed by atoms with van der Waals surface area (Å²) in [6, 6.07) is 15.5. The highest BCUT2D eigenvalue weighted by Gasteiger charge is 2.26. The van der Waals surface area contributed by atoms with Gasteiger partial charge in [0.2, 0.25) is 5.91 Å². The van der Waals surface area contributed by atoms with E-state index in [4.69, 9.17) is 22.1 Å². The number of hydrogen-bond acceptors (Lipinski definition) is 3. The number of nitrogens with zero attached hydrogens (tertiary/aromatic N) is 1. The molecule has 0 saturated carbocycles. The van der Waals surface area contributed by atoms with Crippen molar-refractivity contribution in [2.45, 2.75) is 38.5 Å². The average molecular weight is 359 g/mol. The van der Waals surface area contributed by atoms with Crippen molar-refractivity contribution < 1.29 is 9.53 Å². The molecule has 2 aromatic rings. The molecule has 4 nitrogen and oxygen atoms in total. The fraction of sp³-hybridized carbons (Fsp3) is 0.350. The first kappa shape index (κ1) is 17.8. The standard InChI is InChI=1S/C20H23ClN2O2/c21-17-5-3-4-16(12-17)14-25-18-9-7-15(8-10-18)13-23-11-2-1-6-19(23)20(22)24/h3-5,7-10,12,19H,1-2,6,11,13-14H2,(H2,22,24). The summed E-state index contributed by atoms with van der Waals surface area (Å²) in [5.41, 5.74) is 7.72. The van der Waals surface area contributed by atoms with Gasteiger partial charge >= 0.3 is 0 Å². The topological polar surface area (TPSA) is 55.6 Å². The summed E-state index contributed by atoms with van der Waals surface area (Å²) in [5.74, 6) is 0.593. The smallest absolute Gasteiger partial charge is 0.234 e. The number of amides is 1. The van der Waals surface area contributed by atoms with Crippen molar-refractivity contribution >= 4 is 17.5 Å². The maximum atomic E-state index is 11.6. The van der Waals surface area contributed by atoms with Crippen LogP contribution in [0.2, 0.25) is 5.02 Å². The van der Waals surface area contributed by atoms with Crippen molar-refractivity contribution in [1.29, 1.82) is 0 Å². The van der Waals surface area contributed by atoms with Crippen molar-refractivity contribution in [2.75, 3.05) is 6.54 Å². The highest BCUT2D eigenvalue weighted by atomic mass is 35.5. The fourth-order valence-corrected chi connectivity index (χ4v) is 3.43. The molecular weight excluding hydrogens is 336 g/mol. The predicted octanol–water partition coefficient (Wildman–Crippen LogP) is 3.76. The molecule has 1 unspecified atom stereocenters. The highest BCUT2D eigenvalue weighted by molar-refractivity contribution is 6.30. The molecule has 0 aliphatic carbocycles. The molecule has 1 atom stereocenters. The van der Waals surface area contributed by atoms with E-state index in [0.717, 1.165) is 49.2 Å². The molecular formula is C20H23ClN2O2. The van der Waals surface area contributed by atoms with Gasteiger partial charge in [-0.2, -0.15) is 0 Å². The van der Waals surface area contributed by atoms with E-state index in [1.807, 2.05) is 48.5 Å². The summed E-state index contributed by atoms with van der Waals surface area (Å²) in [6.45, 7) is 2.14. The summed E-state index contributed by atoms with van der Waals surface area (Å²) >= 11 is 5.98. The maximum Gasteiger partial charge on any atom is 0.234 e. The second kappa shape index (κ2) is 8.37. The van der Waals surface area contributed by atoms with E-state index < -0.39 is 0 Å². The Kier molecular flexibility index (Phi) is 5.95. The Morgan fingerprint density at radius 1 is 1.16 bits per heavy atom. The molecule has 1 amide bonds. The molecule has 1 aliphatic rings. The number of benzene rings is 2. The summed E-state index contributed by atoms with van der Waals surface area (Å²) in [7, 11) is 0. The zero-order valence-electron chi connectivity index (χ0n) is 14.2. The van der Waals surface area contributed by atoms with Gasteiger partial charge in [-0.3, -0.25) is 9.69 Å². The van der Waals surface area contributed by atoms with Crippen LogP contribution in [0.1, 0.15) is 30.4 Å². The Hall–Kier alpha value is -2.04. The molecule has 0 bridgehead atoms. The van der Waals surface area contributed by atoms with E-state index in [-0.39, 0.29) is 11.9 Å².